The van der Waals surface area contributed by atoms with Crippen molar-refractivity contribution >= 4 is 27.6 Å². The summed E-state index contributed by atoms with van der Waals surface area (Å²) in [5, 5.41) is 7.13. The Labute approximate surface area is 144 Å². The summed E-state index contributed by atoms with van der Waals surface area (Å²) >= 11 is 3.45. The highest BCUT2D eigenvalue weighted by Gasteiger charge is 2.32. The number of rotatable bonds is 3. The minimum absolute atomic E-state index is 0.0197. The Hall–Kier alpha value is -1.82. The van der Waals surface area contributed by atoms with Gasteiger partial charge in [-0.3, -0.25) is 0 Å². The quantitative estimate of drug-likeness (QED) is 0.824. The fraction of sp³-hybridized carbons (Fsp3) is 0.412. The first kappa shape index (κ1) is 16.1. The van der Waals surface area contributed by atoms with E-state index in [1.807, 2.05) is 35.2 Å². The van der Waals surface area contributed by atoms with Crippen LogP contribution in [0, 0.1) is 0 Å². The van der Waals surface area contributed by atoms with Gasteiger partial charge < -0.3 is 14.7 Å². The molecule has 1 aliphatic heterocycles. The molecule has 0 aliphatic carbocycles. The number of hydrogen-bond acceptors (Lipinski definition) is 3. The van der Waals surface area contributed by atoms with E-state index < -0.39 is 0 Å². The molecule has 0 radical (unpaired) electrons. The first-order valence-corrected chi connectivity index (χ1v) is 8.64. The number of benzene rings is 1. The maximum atomic E-state index is 12.6. The van der Waals surface area contributed by atoms with Gasteiger partial charge in [0, 0.05) is 23.0 Å². The lowest BCUT2D eigenvalue weighted by Crippen LogP contribution is -2.34. The number of nitrogens with one attached hydrogen (secondary N) is 1. The Morgan fingerprint density at radius 1 is 1.43 bits per heavy atom. The van der Waals surface area contributed by atoms with Gasteiger partial charge in [0.2, 0.25) is 0 Å². The number of anilines is 1. The van der Waals surface area contributed by atoms with E-state index in [1.165, 1.54) is 0 Å². The van der Waals surface area contributed by atoms with Crippen LogP contribution in [0.4, 0.5) is 10.5 Å². The van der Waals surface area contributed by atoms with Crippen molar-refractivity contribution in [2.24, 2.45) is 0 Å². The largest absolute Gasteiger partial charge is 0.361 e. The van der Waals surface area contributed by atoms with Gasteiger partial charge in [-0.05, 0) is 40.9 Å². The molecule has 3 rings (SSSR count). The summed E-state index contributed by atoms with van der Waals surface area (Å²) in [7, 11) is 0. The number of carbonyl (C=O) groups excluding carboxylic acids is 1. The predicted molar refractivity (Wildman–Crippen MR) is 92.4 cm³/mol. The van der Waals surface area contributed by atoms with Gasteiger partial charge >= 0.3 is 6.03 Å². The zero-order chi connectivity index (χ0) is 16.4. The molecule has 1 aliphatic rings. The molecule has 1 fully saturated rings. The smallest absolute Gasteiger partial charge is 0.322 e. The van der Waals surface area contributed by atoms with Crippen molar-refractivity contribution in [3.63, 3.8) is 0 Å². The first-order chi connectivity index (χ1) is 11.1. The van der Waals surface area contributed by atoms with Gasteiger partial charge in [0.15, 0.2) is 0 Å². The molecule has 2 amide bonds. The van der Waals surface area contributed by atoms with E-state index >= 15 is 0 Å². The number of hydrogen-bond donors (Lipinski definition) is 1. The molecule has 1 aromatic heterocycles. The fourth-order valence-corrected chi connectivity index (χ4v) is 3.18. The Kier molecular flexibility index (Phi) is 4.71. The lowest BCUT2D eigenvalue weighted by atomic mass is 10.1. The molecule has 1 unspecified atom stereocenters. The molecule has 23 heavy (non-hydrogen) atoms. The minimum Gasteiger partial charge on any atom is -0.361 e. The van der Waals surface area contributed by atoms with E-state index in [4.69, 9.17) is 4.52 Å². The number of para-hydroxylation sites is 1. The number of amides is 2. The molecule has 0 spiro atoms. The van der Waals surface area contributed by atoms with Crippen LogP contribution in [0.25, 0.3) is 0 Å². The van der Waals surface area contributed by atoms with Gasteiger partial charge in [0.1, 0.15) is 11.5 Å². The molecule has 2 heterocycles. The third-order valence-corrected chi connectivity index (χ3v) is 4.78. The third kappa shape index (κ3) is 3.42. The fourth-order valence-electron chi connectivity index (χ4n) is 2.80. The summed E-state index contributed by atoms with van der Waals surface area (Å²) in [6, 6.07) is 9.45. The van der Waals surface area contributed by atoms with Crippen molar-refractivity contribution < 1.29 is 9.32 Å². The van der Waals surface area contributed by atoms with Crippen LogP contribution >= 0.6 is 15.9 Å². The van der Waals surface area contributed by atoms with Crippen molar-refractivity contribution in [2.75, 3.05) is 11.9 Å². The second kappa shape index (κ2) is 6.74. The Balaban J connectivity index is 1.75. The molecule has 1 N–H and O–H groups in total. The van der Waals surface area contributed by atoms with Gasteiger partial charge in [-0.15, -0.1) is 0 Å². The summed E-state index contributed by atoms with van der Waals surface area (Å²) in [5.74, 6) is 1.15. The van der Waals surface area contributed by atoms with Crippen LogP contribution in [0.2, 0.25) is 0 Å². The number of urea groups is 1. The van der Waals surface area contributed by atoms with Gasteiger partial charge in [0.05, 0.1) is 11.7 Å². The van der Waals surface area contributed by atoms with E-state index in [2.05, 4.69) is 40.3 Å². The summed E-state index contributed by atoms with van der Waals surface area (Å²) in [6.45, 7) is 4.86. The highest BCUT2D eigenvalue weighted by atomic mass is 79.9. The maximum Gasteiger partial charge on any atom is 0.322 e. The van der Waals surface area contributed by atoms with Crippen molar-refractivity contribution in [3.05, 3.63) is 46.3 Å². The Morgan fingerprint density at radius 3 is 2.91 bits per heavy atom. The van der Waals surface area contributed by atoms with Crippen LogP contribution in [0.1, 0.15) is 50.1 Å². The lowest BCUT2D eigenvalue weighted by Gasteiger charge is -2.23. The topological polar surface area (TPSA) is 58.4 Å². The van der Waals surface area contributed by atoms with E-state index in [0.29, 0.717) is 5.92 Å². The lowest BCUT2D eigenvalue weighted by molar-refractivity contribution is 0.204. The number of likely N-dealkylation sites (tertiary alicyclic amines) is 1. The average molecular weight is 378 g/mol. The van der Waals surface area contributed by atoms with E-state index in [9.17, 15) is 4.79 Å². The molecule has 0 saturated carbocycles. The molecule has 0 bridgehead atoms. The monoisotopic (exact) mass is 377 g/mol. The molecule has 6 heteroatoms. The van der Waals surface area contributed by atoms with Crippen molar-refractivity contribution in [1.82, 2.24) is 10.1 Å². The molecule has 1 saturated heterocycles. The highest BCUT2D eigenvalue weighted by molar-refractivity contribution is 9.10. The van der Waals surface area contributed by atoms with E-state index in [0.717, 1.165) is 41.0 Å². The Morgan fingerprint density at radius 2 is 2.22 bits per heavy atom. The maximum absolute atomic E-state index is 12.6. The molecule has 1 atom stereocenters. The van der Waals surface area contributed by atoms with E-state index in [-0.39, 0.29) is 12.1 Å². The van der Waals surface area contributed by atoms with Gasteiger partial charge in [-0.2, -0.15) is 0 Å². The summed E-state index contributed by atoms with van der Waals surface area (Å²) in [4.78, 5) is 14.5. The van der Waals surface area contributed by atoms with Gasteiger partial charge in [0.25, 0.3) is 0 Å². The predicted octanol–water partition coefficient (Wildman–Crippen LogP) is 4.93. The van der Waals surface area contributed by atoms with Gasteiger partial charge in [-0.1, -0.05) is 31.1 Å². The summed E-state index contributed by atoms with van der Waals surface area (Å²) in [5.41, 5.74) is 1.61. The van der Waals surface area contributed by atoms with Crippen LogP contribution in [0.3, 0.4) is 0 Å². The zero-order valence-electron chi connectivity index (χ0n) is 13.3. The molecular formula is C17H20BrN3O2. The molecule has 1 aromatic carbocycles. The van der Waals surface area contributed by atoms with Crippen molar-refractivity contribution in [2.45, 2.75) is 38.6 Å². The van der Waals surface area contributed by atoms with Crippen LogP contribution in [-0.4, -0.2) is 22.6 Å². The number of nitrogens with zero attached hydrogens (tertiary/aromatic N) is 2. The normalized spacial score (nSPS) is 17.7. The van der Waals surface area contributed by atoms with Crippen molar-refractivity contribution in [3.8, 4) is 0 Å². The van der Waals surface area contributed by atoms with Crippen LogP contribution in [0.15, 0.2) is 39.3 Å². The molecular weight excluding hydrogens is 358 g/mol. The molecule has 122 valence electrons. The van der Waals surface area contributed by atoms with E-state index in [1.54, 1.807) is 0 Å². The standard InChI is InChI=1S/C17H20BrN3O2/c1-11(2)16-10-14(20-23-16)15-8-5-9-21(15)17(22)19-13-7-4-3-6-12(13)18/h3-4,6-7,10-11,15H,5,8-9H2,1-2H3,(H,19,22). The number of halogens is 1. The van der Waals surface area contributed by atoms with Crippen LogP contribution in [-0.2, 0) is 0 Å². The summed E-state index contributed by atoms with van der Waals surface area (Å²) < 4.78 is 6.26. The molecule has 5 nitrogen and oxygen atoms in total. The number of aromatic nitrogens is 1. The SMILES string of the molecule is CC(C)c1cc(C2CCCN2C(=O)Nc2ccccc2Br)no1. The third-order valence-electron chi connectivity index (χ3n) is 4.09. The zero-order valence-corrected chi connectivity index (χ0v) is 14.8. The average Bonchev–Trinajstić information content (AvgIpc) is 3.17. The van der Waals surface area contributed by atoms with Gasteiger partial charge in [-0.25, -0.2) is 4.79 Å². The second-order valence-electron chi connectivity index (χ2n) is 6.07. The second-order valence-corrected chi connectivity index (χ2v) is 6.92. The van der Waals surface area contributed by atoms with Crippen molar-refractivity contribution in [1.29, 1.82) is 0 Å². The van der Waals surface area contributed by atoms with Crippen LogP contribution < -0.4 is 5.32 Å². The number of carbonyl (C=O) groups is 1. The Bertz CT molecular complexity index is 699. The molecule has 2 aromatic rings. The minimum atomic E-state index is -0.103. The first-order valence-electron chi connectivity index (χ1n) is 7.85. The summed E-state index contributed by atoms with van der Waals surface area (Å²) in [6.07, 6.45) is 1.88. The van der Waals surface area contributed by atoms with Crippen LogP contribution in [0.5, 0.6) is 0 Å². The highest BCUT2D eigenvalue weighted by Crippen LogP contribution is 2.33.